The van der Waals surface area contributed by atoms with Crippen molar-refractivity contribution in [2.75, 3.05) is 11.9 Å². The Balaban J connectivity index is 2.28. The van der Waals surface area contributed by atoms with Crippen LogP contribution >= 0.6 is 0 Å². The van der Waals surface area contributed by atoms with Gasteiger partial charge < -0.3 is 10.1 Å². The number of nitrogens with zero attached hydrogens (tertiary/aromatic N) is 2. The van der Waals surface area contributed by atoms with E-state index in [1.54, 1.807) is 17.8 Å². The number of hydrogen-bond acceptors (Lipinski definition) is 4. The maximum atomic E-state index is 12.2. The molecular weight excluding hydrogens is 266 g/mol. The number of aryl methyl sites for hydroxylation is 2. The maximum absolute atomic E-state index is 12.2. The number of para-hydroxylation sites is 1. The van der Waals surface area contributed by atoms with E-state index in [1.165, 1.54) is 0 Å². The molecule has 0 aliphatic carbocycles. The number of nitrogens with one attached hydrogen (secondary N) is 1. The summed E-state index contributed by atoms with van der Waals surface area (Å²) in [5.74, 6) is -0.295. The van der Waals surface area contributed by atoms with E-state index in [4.69, 9.17) is 4.74 Å². The number of esters is 1. The maximum Gasteiger partial charge on any atom is 0.333 e. The highest BCUT2D eigenvalue weighted by molar-refractivity contribution is 5.81. The molecule has 1 aromatic heterocycles. The van der Waals surface area contributed by atoms with E-state index in [9.17, 15) is 4.79 Å². The van der Waals surface area contributed by atoms with Crippen LogP contribution in [0.2, 0.25) is 0 Å². The van der Waals surface area contributed by atoms with Crippen molar-refractivity contribution in [2.45, 2.75) is 33.4 Å². The topological polar surface area (TPSA) is 56.1 Å². The average molecular weight is 287 g/mol. The zero-order valence-electron chi connectivity index (χ0n) is 12.7. The molecule has 1 atom stereocenters. The lowest BCUT2D eigenvalue weighted by Gasteiger charge is -2.18. The van der Waals surface area contributed by atoms with Crippen molar-refractivity contribution in [1.29, 1.82) is 0 Å². The number of rotatable bonds is 6. The van der Waals surface area contributed by atoms with Crippen LogP contribution in [0.15, 0.2) is 36.7 Å². The van der Waals surface area contributed by atoms with Gasteiger partial charge in [0.05, 0.1) is 12.8 Å². The Hall–Kier alpha value is -2.30. The van der Waals surface area contributed by atoms with Crippen LogP contribution in [0.25, 0.3) is 0 Å². The van der Waals surface area contributed by atoms with Crippen molar-refractivity contribution < 1.29 is 9.53 Å². The number of ether oxygens (including phenoxy) is 1. The predicted octanol–water partition coefficient (Wildman–Crippen LogP) is 2.93. The average Bonchev–Trinajstić information content (AvgIpc) is 2.95. The zero-order chi connectivity index (χ0) is 15.2. The van der Waals surface area contributed by atoms with Gasteiger partial charge in [0.15, 0.2) is 6.04 Å². The van der Waals surface area contributed by atoms with E-state index in [0.29, 0.717) is 6.61 Å². The molecule has 0 fully saturated rings. The molecule has 2 aromatic rings. The lowest BCUT2D eigenvalue weighted by molar-refractivity contribution is -0.144. The largest absolute Gasteiger partial charge is 0.464 e. The van der Waals surface area contributed by atoms with Crippen molar-refractivity contribution in [3.05, 3.63) is 47.8 Å². The number of carbonyl (C=O) groups excluding carboxylic acids is 1. The first-order chi connectivity index (χ1) is 10.2. The van der Waals surface area contributed by atoms with Gasteiger partial charge in [-0.15, -0.1) is 0 Å². The molecule has 0 saturated carbocycles. The van der Waals surface area contributed by atoms with Gasteiger partial charge in [-0.2, -0.15) is 5.10 Å². The normalized spacial score (nSPS) is 12.0. The molecule has 112 valence electrons. The molecule has 21 heavy (non-hydrogen) atoms. The first-order valence-corrected chi connectivity index (χ1v) is 7.16. The van der Waals surface area contributed by atoms with Crippen molar-refractivity contribution in [3.8, 4) is 0 Å². The summed E-state index contributed by atoms with van der Waals surface area (Å²) in [6, 6.07) is 7.31. The van der Waals surface area contributed by atoms with Gasteiger partial charge in [-0.05, 0) is 32.4 Å². The third-order valence-electron chi connectivity index (χ3n) is 3.28. The SMILES string of the molecule is CCOC(=O)C(Nc1ccccc1C)c1cnn(CC)c1. The van der Waals surface area contributed by atoms with Gasteiger partial charge in [-0.3, -0.25) is 4.68 Å². The molecular formula is C16H21N3O2. The van der Waals surface area contributed by atoms with Crippen LogP contribution in [0.3, 0.4) is 0 Å². The third kappa shape index (κ3) is 3.62. The number of hydrogen-bond donors (Lipinski definition) is 1. The number of aromatic nitrogens is 2. The van der Waals surface area contributed by atoms with Gasteiger partial charge in [0.1, 0.15) is 0 Å². The van der Waals surface area contributed by atoms with Gasteiger partial charge in [0.2, 0.25) is 0 Å². The second-order valence-electron chi connectivity index (χ2n) is 4.77. The molecule has 2 rings (SSSR count). The summed E-state index contributed by atoms with van der Waals surface area (Å²) >= 11 is 0. The summed E-state index contributed by atoms with van der Waals surface area (Å²) in [5.41, 5.74) is 2.80. The first kappa shape index (κ1) is 15.1. The second kappa shape index (κ2) is 6.92. The summed E-state index contributed by atoms with van der Waals surface area (Å²) in [4.78, 5) is 12.2. The molecule has 0 bridgehead atoms. The van der Waals surface area contributed by atoms with Crippen LogP contribution in [-0.2, 0) is 16.1 Å². The van der Waals surface area contributed by atoms with Crippen molar-refractivity contribution in [1.82, 2.24) is 9.78 Å². The molecule has 0 aliphatic rings. The number of carbonyl (C=O) groups is 1. The first-order valence-electron chi connectivity index (χ1n) is 7.16. The van der Waals surface area contributed by atoms with Gasteiger partial charge >= 0.3 is 5.97 Å². The fourth-order valence-electron chi connectivity index (χ4n) is 2.10. The summed E-state index contributed by atoms with van der Waals surface area (Å²) in [6.45, 7) is 6.93. The molecule has 1 heterocycles. The van der Waals surface area contributed by atoms with Crippen LogP contribution in [0.1, 0.15) is 31.0 Å². The summed E-state index contributed by atoms with van der Waals surface area (Å²) in [6.07, 6.45) is 3.57. The van der Waals surface area contributed by atoms with E-state index < -0.39 is 6.04 Å². The van der Waals surface area contributed by atoms with Gasteiger partial charge in [-0.1, -0.05) is 18.2 Å². The Labute approximate surface area is 124 Å². The Morgan fingerprint density at radius 3 is 2.76 bits per heavy atom. The number of anilines is 1. The lowest BCUT2D eigenvalue weighted by Crippen LogP contribution is -2.23. The monoisotopic (exact) mass is 287 g/mol. The van der Waals surface area contributed by atoms with Crippen LogP contribution in [0, 0.1) is 6.92 Å². The highest BCUT2D eigenvalue weighted by Crippen LogP contribution is 2.23. The lowest BCUT2D eigenvalue weighted by atomic mass is 10.1. The third-order valence-corrected chi connectivity index (χ3v) is 3.28. The molecule has 5 nitrogen and oxygen atoms in total. The second-order valence-corrected chi connectivity index (χ2v) is 4.77. The molecule has 5 heteroatoms. The minimum absolute atomic E-state index is 0.295. The molecule has 0 radical (unpaired) electrons. The Morgan fingerprint density at radius 2 is 2.14 bits per heavy atom. The van der Waals surface area contributed by atoms with Crippen LogP contribution in [0.5, 0.6) is 0 Å². The number of benzene rings is 1. The van der Waals surface area contributed by atoms with Crippen LogP contribution < -0.4 is 5.32 Å². The van der Waals surface area contributed by atoms with E-state index in [2.05, 4.69) is 10.4 Å². The smallest absolute Gasteiger partial charge is 0.333 e. The molecule has 0 spiro atoms. The predicted molar refractivity (Wildman–Crippen MR) is 82.1 cm³/mol. The molecule has 0 amide bonds. The fourth-order valence-corrected chi connectivity index (χ4v) is 2.10. The Kier molecular flexibility index (Phi) is 4.98. The van der Waals surface area contributed by atoms with Gasteiger partial charge in [0.25, 0.3) is 0 Å². The summed E-state index contributed by atoms with van der Waals surface area (Å²) in [5, 5.41) is 7.49. The molecule has 1 unspecified atom stereocenters. The Bertz CT molecular complexity index is 607. The standard InChI is InChI=1S/C16H21N3O2/c1-4-19-11-13(10-17-19)15(16(20)21-5-2)18-14-9-7-6-8-12(14)3/h6-11,15,18H,4-5H2,1-3H3. The minimum atomic E-state index is -0.550. The van der Waals surface area contributed by atoms with Gasteiger partial charge in [0, 0.05) is 24.0 Å². The summed E-state index contributed by atoms with van der Waals surface area (Å²) < 4.78 is 6.97. The van der Waals surface area contributed by atoms with Crippen LogP contribution in [-0.4, -0.2) is 22.4 Å². The van der Waals surface area contributed by atoms with E-state index in [0.717, 1.165) is 23.4 Å². The minimum Gasteiger partial charge on any atom is -0.464 e. The van der Waals surface area contributed by atoms with Crippen molar-refractivity contribution in [2.24, 2.45) is 0 Å². The van der Waals surface area contributed by atoms with Crippen molar-refractivity contribution in [3.63, 3.8) is 0 Å². The fraction of sp³-hybridized carbons (Fsp3) is 0.375. The highest BCUT2D eigenvalue weighted by Gasteiger charge is 2.23. The van der Waals surface area contributed by atoms with E-state index in [-0.39, 0.29) is 5.97 Å². The Morgan fingerprint density at radius 1 is 1.38 bits per heavy atom. The van der Waals surface area contributed by atoms with Crippen LogP contribution in [0.4, 0.5) is 5.69 Å². The zero-order valence-corrected chi connectivity index (χ0v) is 12.7. The molecule has 1 N–H and O–H groups in total. The molecule has 0 aliphatic heterocycles. The highest BCUT2D eigenvalue weighted by atomic mass is 16.5. The quantitative estimate of drug-likeness (QED) is 0.830. The van der Waals surface area contributed by atoms with Gasteiger partial charge in [-0.25, -0.2) is 4.79 Å². The summed E-state index contributed by atoms with van der Waals surface area (Å²) in [7, 11) is 0. The van der Waals surface area contributed by atoms with Crippen molar-refractivity contribution >= 4 is 11.7 Å². The molecule has 1 aromatic carbocycles. The molecule has 0 saturated heterocycles. The van der Waals surface area contributed by atoms with E-state index in [1.807, 2.05) is 44.3 Å². The van der Waals surface area contributed by atoms with E-state index >= 15 is 0 Å².